The molecule has 0 N–H and O–H groups in total. The third-order valence-corrected chi connectivity index (χ3v) is 2.62. The standard InChI is InChI=1S/C10H10Cl2O2/c1-6-8(12)4-3-7(9(13)5-11)10(6)14-2/h3-4H,5H2,1-2H3. The minimum atomic E-state index is -0.164. The van der Waals surface area contributed by atoms with Crippen molar-refractivity contribution in [3.8, 4) is 5.75 Å². The molecule has 2 nitrogen and oxygen atoms in total. The third-order valence-electron chi connectivity index (χ3n) is 1.97. The van der Waals surface area contributed by atoms with Crippen LogP contribution in [0, 0.1) is 6.92 Å². The largest absolute Gasteiger partial charge is 0.496 e. The van der Waals surface area contributed by atoms with Gasteiger partial charge in [-0.2, -0.15) is 0 Å². The van der Waals surface area contributed by atoms with Crippen molar-refractivity contribution in [1.29, 1.82) is 0 Å². The second-order valence-electron chi connectivity index (χ2n) is 2.81. The van der Waals surface area contributed by atoms with Crippen molar-refractivity contribution in [3.63, 3.8) is 0 Å². The zero-order valence-electron chi connectivity index (χ0n) is 7.93. The van der Waals surface area contributed by atoms with Crippen LogP contribution in [0.1, 0.15) is 15.9 Å². The van der Waals surface area contributed by atoms with Crippen LogP contribution in [0.15, 0.2) is 12.1 Å². The molecule has 0 aliphatic carbocycles. The van der Waals surface area contributed by atoms with Crippen molar-refractivity contribution >= 4 is 29.0 Å². The lowest BCUT2D eigenvalue weighted by atomic mass is 10.1. The first-order valence-electron chi connectivity index (χ1n) is 4.04. The highest BCUT2D eigenvalue weighted by molar-refractivity contribution is 6.33. The average Bonchev–Trinajstić information content (AvgIpc) is 2.20. The SMILES string of the molecule is COc1c(C(=O)CCl)ccc(Cl)c1C. The number of Topliss-reactive ketones (excluding diaryl/α,β-unsaturated/α-hetero) is 1. The molecular formula is C10H10Cl2O2. The Morgan fingerprint density at radius 1 is 1.50 bits per heavy atom. The van der Waals surface area contributed by atoms with Gasteiger partial charge in [0.05, 0.1) is 18.6 Å². The van der Waals surface area contributed by atoms with Gasteiger partial charge < -0.3 is 4.74 Å². The molecule has 0 unspecified atom stereocenters. The topological polar surface area (TPSA) is 26.3 Å². The predicted molar refractivity (Wildman–Crippen MR) is 57.8 cm³/mol. The summed E-state index contributed by atoms with van der Waals surface area (Å²) >= 11 is 11.4. The number of methoxy groups -OCH3 is 1. The van der Waals surface area contributed by atoms with Gasteiger partial charge in [0.2, 0.25) is 0 Å². The number of rotatable bonds is 3. The summed E-state index contributed by atoms with van der Waals surface area (Å²) in [5, 5.41) is 0.577. The molecule has 0 saturated carbocycles. The first kappa shape index (κ1) is 11.3. The number of benzene rings is 1. The van der Waals surface area contributed by atoms with E-state index in [2.05, 4.69) is 0 Å². The fraction of sp³-hybridized carbons (Fsp3) is 0.300. The van der Waals surface area contributed by atoms with E-state index >= 15 is 0 Å². The summed E-state index contributed by atoms with van der Waals surface area (Å²) in [5.41, 5.74) is 1.23. The van der Waals surface area contributed by atoms with E-state index in [1.807, 2.05) is 0 Å². The summed E-state index contributed by atoms with van der Waals surface area (Å²) < 4.78 is 5.12. The molecule has 0 aliphatic rings. The normalized spacial score (nSPS) is 10.0. The summed E-state index contributed by atoms with van der Waals surface area (Å²) in [4.78, 5) is 11.4. The minimum absolute atomic E-state index is 0.0581. The number of alkyl halides is 1. The number of ether oxygens (including phenoxy) is 1. The molecule has 76 valence electrons. The summed E-state index contributed by atoms with van der Waals surface area (Å²) in [6, 6.07) is 3.29. The van der Waals surface area contributed by atoms with Crippen LogP contribution in [-0.4, -0.2) is 18.8 Å². The molecule has 0 spiro atoms. The van der Waals surface area contributed by atoms with Gasteiger partial charge in [-0.3, -0.25) is 4.79 Å². The lowest BCUT2D eigenvalue weighted by Gasteiger charge is -2.10. The van der Waals surface area contributed by atoms with Gasteiger partial charge in [0.25, 0.3) is 0 Å². The fourth-order valence-corrected chi connectivity index (χ4v) is 1.52. The molecule has 0 aromatic heterocycles. The van der Waals surface area contributed by atoms with E-state index in [4.69, 9.17) is 27.9 Å². The van der Waals surface area contributed by atoms with Gasteiger partial charge in [0.15, 0.2) is 5.78 Å². The van der Waals surface area contributed by atoms with E-state index in [-0.39, 0.29) is 11.7 Å². The maximum Gasteiger partial charge on any atom is 0.181 e. The molecule has 0 saturated heterocycles. The second kappa shape index (κ2) is 4.67. The zero-order valence-corrected chi connectivity index (χ0v) is 9.45. The number of carbonyl (C=O) groups is 1. The summed E-state index contributed by atoms with van der Waals surface area (Å²) in [6.45, 7) is 1.80. The fourth-order valence-electron chi connectivity index (χ4n) is 1.22. The maximum absolute atomic E-state index is 11.4. The van der Waals surface area contributed by atoms with Crippen LogP contribution in [0.3, 0.4) is 0 Å². The first-order valence-corrected chi connectivity index (χ1v) is 4.95. The summed E-state index contributed by atoms with van der Waals surface area (Å²) in [7, 11) is 1.50. The lowest BCUT2D eigenvalue weighted by molar-refractivity contribution is 0.101. The van der Waals surface area contributed by atoms with Gasteiger partial charge in [-0.15, -0.1) is 11.6 Å². The van der Waals surface area contributed by atoms with Crippen molar-refractivity contribution in [3.05, 3.63) is 28.3 Å². The van der Waals surface area contributed by atoms with E-state index in [0.717, 1.165) is 5.56 Å². The van der Waals surface area contributed by atoms with Gasteiger partial charge in [0, 0.05) is 10.6 Å². The molecule has 4 heteroatoms. The van der Waals surface area contributed by atoms with Gasteiger partial charge in [-0.25, -0.2) is 0 Å². The molecular weight excluding hydrogens is 223 g/mol. The first-order chi connectivity index (χ1) is 6.61. The van der Waals surface area contributed by atoms with Crippen LogP contribution in [0.5, 0.6) is 5.75 Å². The van der Waals surface area contributed by atoms with Crippen LogP contribution >= 0.6 is 23.2 Å². The van der Waals surface area contributed by atoms with Gasteiger partial charge in [-0.05, 0) is 19.1 Å². The quantitative estimate of drug-likeness (QED) is 0.592. The molecule has 0 radical (unpaired) electrons. The Morgan fingerprint density at radius 2 is 2.14 bits per heavy atom. The smallest absolute Gasteiger partial charge is 0.181 e. The Morgan fingerprint density at radius 3 is 2.64 bits per heavy atom. The molecule has 0 bridgehead atoms. The third kappa shape index (κ3) is 2.02. The van der Waals surface area contributed by atoms with Gasteiger partial charge in [0.1, 0.15) is 5.75 Å². The van der Waals surface area contributed by atoms with Crippen LogP contribution in [-0.2, 0) is 0 Å². The molecule has 1 aromatic rings. The van der Waals surface area contributed by atoms with Crippen molar-refractivity contribution in [1.82, 2.24) is 0 Å². The Balaban J connectivity index is 3.31. The number of hydrogen-bond donors (Lipinski definition) is 0. The molecule has 0 aliphatic heterocycles. The van der Waals surface area contributed by atoms with E-state index < -0.39 is 0 Å². The van der Waals surface area contributed by atoms with Gasteiger partial charge >= 0.3 is 0 Å². The maximum atomic E-state index is 11.4. The number of halogens is 2. The van der Waals surface area contributed by atoms with Crippen LogP contribution in [0.2, 0.25) is 5.02 Å². The van der Waals surface area contributed by atoms with Crippen molar-refractivity contribution in [2.75, 3.05) is 13.0 Å². The van der Waals surface area contributed by atoms with E-state index in [9.17, 15) is 4.79 Å². The highest BCUT2D eigenvalue weighted by Crippen LogP contribution is 2.29. The molecule has 1 aromatic carbocycles. The molecule has 0 fully saturated rings. The van der Waals surface area contributed by atoms with E-state index in [1.54, 1.807) is 19.1 Å². The number of carbonyl (C=O) groups excluding carboxylic acids is 1. The van der Waals surface area contributed by atoms with Crippen molar-refractivity contribution in [2.45, 2.75) is 6.92 Å². The minimum Gasteiger partial charge on any atom is -0.496 e. The van der Waals surface area contributed by atoms with Crippen molar-refractivity contribution < 1.29 is 9.53 Å². The van der Waals surface area contributed by atoms with E-state index in [0.29, 0.717) is 16.3 Å². The van der Waals surface area contributed by atoms with Gasteiger partial charge in [-0.1, -0.05) is 11.6 Å². The molecule has 0 amide bonds. The number of hydrogen-bond acceptors (Lipinski definition) is 2. The Bertz CT molecular complexity index is 361. The lowest BCUT2D eigenvalue weighted by Crippen LogP contribution is -2.04. The average molecular weight is 233 g/mol. The van der Waals surface area contributed by atoms with Crippen LogP contribution in [0.25, 0.3) is 0 Å². The Hall–Kier alpha value is -0.730. The predicted octanol–water partition coefficient (Wildman–Crippen LogP) is 3.08. The highest BCUT2D eigenvalue weighted by Gasteiger charge is 2.14. The monoisotopic (exact) mass is 232 g/mol. The van der Waals surface area contributed by atoms with Crippen LogP contribution < -0.4 is 4.74 Å². The molecule has 1 rings (SSSR count). The summed E-state index contributed by atoms with van der Waals surface area (Å²) in [6.07, 6.45) is 0. The molecule has 0 atom stereocenters. The molecule has 14 heavy (non-hydrogen) atoms. The van der Waals surface area contributed by atoms with Crippen LogP contribution in [0.4, 0.5) is 0 Å². The molecule has 0 heterocycles. The Kier molecular flexibility index (Phi) is 3.78. The van der Waals surface area contributed by atoms with E-state index in [1.165, 1.54) is 7.11 Å². The zero-order chi connectivity index (χ0) is 10.7. The number of ketones is 1. The summed E-state index contributed by atoms with van der Waals surface area (Å²) in [5.74, 6) is 0.281. The Labute approximate surface area is 92.8 Å². The van der Waals surface area contributed by atoms with Crippen molar-refractivity contribution in [2.24, 2.45) is 0 Å². The highest BCUT2D eigenvalue weighted by atomic mass is 35.5. The second-order valence-corrected chi connectivity index (χ2v) is 3.48.